The Hall–Kier alpha value is -0.580. The number of rotatable bonds is 3. The zero-order valence-corrected chi connectivity index (χ0v) is 14.3. The Morgan fingerprint density at radius 2 is 2.00 bits per heavy atom. The van der Waals surface area contributed by atoms with E-state index in [0.717, 1.165) is 42.5 Å². The molecular weight excluding hydrogens is 272 g/mol. The average Bonchev–Trinajstić information content (AvgIpc) is 2.61. The van der Waals surface area contributed by atoms with Crippen molar-refractivity contribution in [3.63, 3.8) is 0 Å². The molecule has 0 aromatic carbocycles. The smallest absolute Gasteiger partial charge is 0.131 e. The Balaban J connectivity index is 2.25. The van der Waals surface area contributed by atoms with Crippen molar-refractivity contribution in [2.24, 2.45) is 7.05 Å². The molecule has 20 heavy (non-hydrogen) atoms. The van der Waals surface area contributed by atoms with E-state index in [-0.39, 0.29) is 11.1 Å². The minimum atomic E-state index is 0.125. The molecular formula is C15H27ClN4. The zero-order valence-electron chi connectivity index (χ0n) is 13.5. The van der Waals surface area contributed by atoms with Gasteiger partial charge in [0.1, 0.15) is 5.15 Å². The van der Waals surface area contributed by atoms with Gasteiger partial charge in [0.15, 0.2) is 0 Å². The molecule has 4 nitrogen and oxygen atoms in total. The third-order valence-electron chi connectivity index (χ3n) is 4.74. The summed E-state index contributed by atoms with van der Waals surface area (Å²) in [7, 11) is 1.90. The van der Waals surface area contributed by atoms with Gasteiger partial charge in [-0.05, 0) is 34.1 Å². The number of halogens is 1. The molecule has 1 unspecified atom stereocenters. The molecule has 1 aromatic rings. The van der Waals surface area contributed by atoms with E-state index in [0.29, 0.717) is 0 Å². The summed E-state index contributed by atoms with van der Waals surface area (Å²) in [5.74, 6) is 0. The van der Waals surface area contributed by atoms with Gasteiger partial charge in [-0.2, -0.15) is 5.10 Å². The van der Waals surface area contributed by atoms with Gasteiger partial charge in [-0.1, -0.05) is 18.5 Å². The first-order valence-corrected chi connectivity index (χ1v) is 7.74. The second-order valence-corrected chi connectivity index (χ2v) is 7.27. The lowest BCUT2D eigenvalue weighted by Crippen LogP contribution is -2.66. The van der Waals surface area contributed by atoms with Crippen molar-refractivity contribution in [1.82, 2.24) is 20.0 Å². The van der Waals surface area contributed by atoms with Gasteiger partial charge in [-0.3, -0.25) is 9.58 Å². The molecule has 1 N–H and O–H groups in total. The monoisotopic (exact) mass is 298 g/mol. The summed E-state index contributed by atoms with van der Waals surface area (Å²) in [6, 6.07) is 0. The number of piperazine rings is 1. The number of nitrogens with one attached hydrogen (secondary N) is 1. The highest BCUT2D eigenvalue weighted by Crippen LogP contribution is 2.30. The number of aromatic nitrogens is 2. The quantitative estimate of drug-likeness (QED) is 0.931. The molecule has 2 heterocycles. The van der Waals surface area contributed by atoms with Gasteiger partial charge >= 0.3 is 0 Å². The molecule has 1 aromatic heterocycles. The van der Waals surface area contributed by atoms with E-state index in [1.54, 1.807) is 4.68 Å². The summed E-state index contributed by atoms with van der Waals surface area (Å²) < 4.78 is 1.76. The molecule has 114 valence electrons. The van der Waals surface area contributed by atoms with Crippen LogP contribution in [0.25, 0.3) is 0 Å². The molecule has 1 aliphatic heterocycles. The van der Waals surface area contributed by atoms with E-state index in [2.05, 4.69) is 43.0 Å². The van der Waals surface area contributed by atoms with Crippen LogP contribution in [0.4, 0.5) is 0 Å². The molecule has 0 radical (unpaired) electrons. The van der Waals surface area contributed by atoms with Gasteiger partial charge in [-0.25, -0.2) is 0 Å². The highest BCUT2D eigenvalue weighted by atomic mass is 35.5. The summed E-state index contributed by atoms with van der Waals surface area (Å²) in [5, 5.41) is 8.87. The maximum Gasteiger partial charge on any atom is 0.131 e. The van der Waals surface area contributed by atoms with Gasteiger partial charge in [-0.15, -0.1) is 0 Å². The lowest BCUT2D eigenvalue weighted by Gasteiger charge is -2.50. The van der Waals surface area contributed by atoms with Crippen molar-refractivity contribution in [1.29, 1.82) is 0 Å². The Morgan fingerprint density at radius 3 is 2.50 bits per heavy atom. The number of hydrogen-bond acceptors (Lipinski definition) is 3. The van der Waals surface area contributed by atoms with E-state index in [1.165, 1.54) is 0 Å². The van der Waals surface area contributed by atoms with Crippen molar-refractivity contribution in [3.05, 3.63) is 16.4 Å². The number of nitrogens with zero attached hydrogens (tertiary/aromatic N) is 3. The predicted octanol–water partition coefficient (Wildman–Crippen LogP) is 2.73. The van der Waals surface area contributed by atoms with Gasteiger partial charge in [0.2, 0.25) is 0 Å². The molecule has 0 aliphatic carbocycles. The molecule has 2 rings (SSSR count). The van der Waals surface area contributed by atoms with Crippen LogP contribution >= 0.6 is 11.6 Å². The maximum atomic E-state index is 6.39. The third-order valence-corrected chi connectivity index (χ3v) is 5.22. The van der Waals surface area contributed by atoms with Crippen LogP contribution in [0.1, 0.15) is 45.4 Å². The molecule has 0 spiro atoms. The molecule has 0 amide bonds. The van der Waals surface area contributed by atoms with Crippen LogP contribution in [0.5, 0.6) is 0 Å². The third kappa shape index (κ3) is 2.87. The van der Waals surface area contributed by atoms with Gasteiger partial charge in [0, 0.05) is 43.3 Å². The van der Waals surface area contributed by atoms with Crippen LogP contribution < -0.4 is 5.32 Å². The van der Waals surface area contributed by atoms with E-state index in [9.17, 15) is 0 Å². The summed E-state index contributed by atoms with van der Waals surface area (Å²) in [4.78, 5) is 2.53. The van der Waals surface area contributed by atoms with Crippen LogP contribution in [0.3, 0.4) is 0 Å². The Bertz CT molecular complexity index is 494. The summed E-state index contributed by atoms with van der Waals surface area (Å²) in [6.45, 7) is 14.0. The minimum absolute atomic E-state index is 0.125. The second-order valence-electron chi connectivity index (χ2n) is 6.91. The van der Waals surface area contributed by atoms with Crippen LogP contribution in [0.15, 0.2) is 0 Å². The molecule has 1 atom stereocenters. The maximum absolute atomic E-state index is 6.39. The van der Waals surface area contributed by atoms with E-state index >= 15 is 0 Å². The SMILES string of the molecule is CCC1(C)CN(Cc2c(C)nn(C)c2Cl)C(C)(C)CN1. The van der Waals surface area contributed by atoms with Crippen molar-refractivity contribution in [3.8, 4) is 0 Å². The topological polar surface area (TPSA) is 33.1 Å². The first-order valence-electron chi connectivity index (χ1n) is 7.36. The lowest BCUT2D eigenvalue weighted by atomic mass is 9.88. The normalized spacial score (nSPS) is 26.9. The van der Waals surface area contributed by atoms with E-state index < -0.39 is 0 Å². The number of hydrogen-bond donors (Lipinski definition) is 1. The van der Waals surface area contributed by atoms with Crippen molar-refractivity contribution < 1.29 is 0 Å². The predicted molar refractivity (Wildman–Crippen MR) is 84.1 cm³/mol. The number of aryl methyl sites for hydroxylation is 2. The highest BCUT2D eigenvalue weighted by molar-refractivity contribution is 6.30. The van der Waals surface area contributed by atoms with Crippen LogP contribution in [-0.2, 0) is 13.6 Å². The van der Waals surface area contributed by atoms with E-state index in [1.807, 2.05) is 14.0 Å². The molecule has 5 heteroatoms. The summed E-state index contributed by atoms with van der Waals surface area (Å²) in [6.07, 6.45) is 1.12. The summed E-state index contributed by atoms with van der Waals surface area (Å²) in [5.41, 5.74) is 2.49. The molecule has 1 aliphatic rings. The first-order chi connectivity index (χ1) is 9.18. The van der Waals surface area contributed by atoms with Crippen LogP contribution in [0.2, 0.25) is 5.15 Å². The summed E-state index contributed by atoms with van der Waals surface area (Å²) >= 11 is 6.39. The molecule has 1 fully saturated rings. The molecule has 0 bridgehead atoms. The standard InChI is InChI=1S/C15H27ClN4/c1-7-15(5)10-20(14(3,4)9-17-15)8-12-11(2)18-19(6)13(12)16/h17H,7-10H2,1-6H3. The van der Waals surface area contributed by atoms with Crippen molar-refractivity contribution in [2.45, 2.75) is 58.7 Å². The lowest BCUT2D eigenvalue weighted by molar-refractivity contribution is 0.0245. The minimum Gasteiger partial charge on any atom is -0.308 e. The average molecular weight is 299 g/mol. The fraction of sp³-hybridized carbons (Fsp3) is 0.800. The van der Waals surface area contributed by atoms with Crippen molar-refractivity contribution in [2.75, 3.05) is 13.1 Å². The van der Waals surface area contributed by atoms with Crippen molar-refractivity contribution >= 4 is 11.6 Å². The Labute approximate surface area is 127 Å². The molecule has 0 saturated carbocycles. The Kier molecular flexibility index (Phi) is 4.20. The van der Waals surface area contributed by atoms with Crippen LogP contribution in [0, 0.1) is 6.92 Å². The second kappa shape index (κ2) is 5.32. The fourth-order valence-electron chi connectivity index (χ4n) is 2.78. The van der Waals surface area contributed by atoms with E-state index in [4.69, 9.17) is 11.6 Å². The van der Waals surface area contributed by atoms with Gasteiger partial charge < -0.3 is 5.32 Å². The largest absolute Gasteiger partial charge is 0.308 e. The molecule has 1 saturated heterocycles. The zero-order chi connectivity index (χ0) is 15.1. The van der Waals surface area contributed by atoms with Gasteiger partial charge in [0.25, 0.3) is 0 Å². The Morgan fingerprint density at radius 1 is 1.35 bits per heavy atom. The van der Waals surface area contributed by atoms with Crippen LogP contribution in [-0.4, -0.2) is 38.8 Å². The van der Waals surface area contributed by atoms with Gasteiger partial charge in [0.05, 0.1) is 5.69 Å². The first kappa shape index (κ1) is 15.8. The highest BCUT2D eigenvalue weighted by Gasteiger charge is 2.39. The fourth-order valence-corrected chi connectivity index (χ4v) is 3.02.